The number of hydrogen-bond acceptors (Lipinski definition) is 0. The Hall–Kier alpha value is -1.27. The third-order valence-electron chi connectivity index (χ3n) is 3.27. The second-order valence-corrected chi connectivity index (χ2v) is 6.03. The first kappa shape index (κ1) is 14.1. The predicted molar refractivity (Wildman–Crippen MR) is 83.7 cm³/mol. The quantitative estimate of drug-likeness (QED) is 0.621. The molecule has 1 atom stereocenters. The fourth-order valence-electron chi connectivity index (χ4n) is 2.23. The summed E-state index contributed by atoms with van der Waals surface area (Å²) in [5.41, 5.74) is 3.91. The van der Waals surface area contributed by atoms with Crippen LogP contribution in [0.1, 0.15) is 42.3 Å². The van der Waals surface area contributed by atoms with E-state index in [4.69, 9.17) is 11.6 Å². The topological polar surface area (TPSA) is 0 Å². The van der Waals surface area contributed by atoms with Crippen LogP contribution < -0.4 is 0 Å². The molecule has 2 aromatic rings. The number of alkyl halides is 1. The maximum atomic E-state index is 6.41. The van der Waals surface area contributed by atoms with Gasteiger partial charge in [-0.3, -0.25) is 0 Å². The molecule has 100 valence electrons. The van der Waals surface area contributed by atoms with Crippen molar-refractivity contribution in [2.45, 2.75) is 32.1 Å². The summed E-state index contributed by atoms with van der Waals surface area (Å²) >= 11 is 6.41. The lowest BCUT2D eigenvalue weighted by atomic mass is 9.99. The molecule has 1 heteroatoms. The van der Waals surface area contributed by atoms with Crippen molar-refractivity contribution in [1.82, 2.24) is 0 Å². The zero-order valence-electron chi connectivity index (χ0n) is 11.6. The second kappa shape index (κ2) is 6.77. The van der Waals surface area contributed by atoms with Crippen LogP contribution in [0.5, 0.6) is 0 Å². The Morgan fingerprint density at radius 3 is 2.00 bits per heavy atom. The maximum Gasteiger partial charge on any atom is 0.0587 e. The first-order chi connectivity index (χ1) is 9.15. The monoisotopic (exact) mass is 272 g/mol. The molecular formula is C18H21Cl. The highest BCUT2D eigenvalue weighted by atomic mass is 35.5. The third kappa shape index (κ3) is 4.40. The summed E-state index contributed by atoms with van der Waals surface area (Å²) in [5, 5.41) is 0.130. The fourth-order valence-corrected chi connectivity index (χ4v) is 2.73. The molecule has 0 spiro atoms. The average molecular weight is 273 g/mol. The lowest BCUT2D eigenvalue weighted by molar-refractivity contribution is 0.575. The molecule has 0 saturated carbocycles. The predicted octanol–water partition coefficient (Wildman–Crippen LogP) is 5.60. The van der Waals surface area contributed by atoms with Crippen LogP contribution >= 0.6 is 11.6 Å². The molecule has 1 unspecified atom stereocenters. The number of hydrogen-bond donors (Lipinski definition) is 0. The van der Waals surface area contributed by atoms with E-state index in [2.05, 4.69) is 68.4 Å². The molecule has 0 heterocycles. The molecule has 0 aliphatic heterocycles. The molecule has 19 heavy (non-hydrogen) atoms. The summed E-state index contributed by atoms with van der Waals surface area (Å²) in [5.74, 6) is 0.631. The Kier molecular flexibility index (Phi) is 5.04. The van der Waals surface area contributed by atoms with E-state index in [0.717, 1.165) is 12.8 Å². The largest absolute Gasteiger partial charge is 0.118 e. The average Bonchev–Trinajstić information content (AvgIpc) is 2.40. The normalized spacial score (nSPS) is 12.6. The minimum atomic E-state index is 0.130. The maximum absolute atomic E-state index is 6.41. The Morgan fingerprint density at radius 1 is 0.842 bits per heavy atom. The highest BCUT2D eigenvalue weighted by molar-refractivity contribution is 6.20. The molecule has 0 nitrogen and oxygen atoms in total. The van der Waals surface area contributed by atoms with Crippen LogP contribution in [-0.4, -0.2) is 0 Å². The number of rotatable bonds is 5. The van der Waals surface area contributed by atoms with Gasteiger partial charge in [0.1, 0.15) is 0 Å². The zero-order chi connectivity index (χ0) is 13.7. The highest BCUT2D eigenvalue weighted by Gasteiger charge is 2.09. The third-order valence-corrected chi connectivity index (χ3v) is 3.70. The van der Waals surface area contributed by atoms with Crippen LogP contribution in [0.2, 0.25) is 0 Å². The molecule has 0 fully saturated rings. The van der Waals surface area contributed by atoms with Crippen molar-refractivity contribution in [1.29, 1.82) is 0 Å². The standard InChI is InChI=1S/C18H21Cl/c1-14(2)12-18(19)17-10-8-16(9-11-17)13-15-6-4-3-5-7-15/h3-11,14,18H,12-13H2,1-2H3. The van der Waals surface area contributed by atoms with E-state index in [9.17, 15) is 0 Å². The lowest BCUT2D eigenvalue weighted by Gasteiger charge is -2.13. The lowest BCUT2D eigenvalue weighted by Crippen LogP contribution is -1.97. The van der Waals surface area contributed by atoms with Gasteiger partial charge in [0.25, 0.3) is 0 Å². The van der Waals surface area contributed by atoms with Gasteiger partial charge in [-0.05, 0) is 35.4 Å². The van der Waals surface area contributed by atoms with Gasteiger partial charge in [-0.25, -0.2) is 0 Å². The second-order valence-electron chi connectivity index (χ2n) is 5.50. The summed E-state index contributed by atoms with van der Waals surface area (Å²) < 4.78 is 0. The van der Waals surface area contributed by atoms with Crippen LogP contribution in [0, 0.1) is 5.92 Å². The van der Waals surface area contributed by atoms with Gasteiger partial charge in [-0.15, -0.1) is 11.6 Å². The van der Waals surface area contributed by atoms with Gasteiger partial charge in [0, 0.05) is 0 Å². The first-order valence-corrected chi connectivity index (χ1v) is 7.35. The fraction of sp³-hybridized carbons (Fsp3) is 0.333. The van der Waals surface area contributed by atoms with Crippen LogP contribution in [0.4, 0.5) is 0 Å². The van der Waals surface area contributed by atoms with E-state index in [-0.39, 0.29) is 5.38 Å². The summed E-state index contributed by atoms with van der Waals surface area (Å²) in [6, 6.07) is 19.3. The van der Waals surface area contributed by atoms with Gasteiger partial charge in [0.05, 0.1) is 5.38 Å². The van der Waals surface area contributed by atoms with E-state index in [1.165, 1.54) is 16.7 Å². The van der Waals surface area contributed by atoms with Crippen LogP contribution in [0.3, 0.4) is 0 Å². The van der Waals surface area contributed by atoms with Crippen molar-refractivity contribution in [2.24, 2.45) is 5.92 Å². The minimum Gasteiger partial charge on any atom is -0.118 e. The van der Waals surface area contributed by atoms with Crippen LogP contribution in [0.25, 0.3) is 0 Å². The van der Waals surface area contributed by atoms with E-state index >= 15 is 0 Å². The molecule has 0 N–H and O–H groups in total. The van der Waals surface area contributed by atoms with Gasteiger partial charge in [0.2, 0.25) is 0 Å². The molecule has 0 saturated heterocycles. The van der Waals surface area contributed by atoms with E-state index < -0.39 is 0 Å². The Morgan fingerprint density at radius 2 is 1.42 bits per heavy atom. The van der Waals surface area contributed by atoms with Gasteiger partial charge in [-0.1, -0.05) is 68.4 Å². The summed E-state index contributed by atoms with van der Waals surface area (Å²) in [4.78, 5) is 0. The van der Waals surface area contributed by atoms with Crippen molar-refractivity contribution < 1.29 is 0 Å². The molecule has 0 amide bonds. The van der Waals surface area contributed by atoms with Crippen molar-refractivity contribution in [2.75, 3.05) is 0 Å². The molecular weight excluding hydrogens is 252 g/mol. The van der Waals surface area contributed by atoms with Gasteiger partial charge >= 0.3 is 0 Å². The molecule has 0 radical (unpaired) electrons. The van der Waals surface area contributed by atoms with Crippen molar-refractivity contribution in [3.63, 3.8) is 0 Å². The Bertz CT molecular complexity index is 485. The van der Waals surface area contributed by atoms with E-state index in [1.807, 2.05) is 0 Å². The summed E-state index contributed by atoms with van der Waals surface area (Å²) in [6.07, 6.45) is 2.01. The van der Waals surface area contributed by atoms with E-state index in [0.29, 0.717) is 5.92 Å². The molecule has 0 bridgehead atoms. The minimum absolute atomic E-state index is 0.130. The smallest absolute Gasteiger partial charge is 0.0587 e. The highest BCUT2D eigenvalue weighted by Crippen LogP contribution is 2.28. The van der Waals surface area contributed by atoms with Crippen molar-refractivity contribution in [3.8, 4) is 0 Å². The van der Waals surface area contributed by atoms with Gasteiger partial charge in [-0.2, -0.15) is 0 Å². The molecule has 0 aliphatic rings. The summed E-state index contributed by atoms with van der Waals surface area (Å²) in [7, 11) is 0. The van der Waals surface area contributed by atoms with E-state index in [1.54, 1.807) is 0 Å². The van der Waals surface area contributed by atoms with Gasteiger partial charge < -0.3 is 0 Å². The molecule has 2 aromatic carbocycles. The Labute approximate surface area is 121 Å². The van der Waals surface area contributed by atoms with Gasteiger partial charge in [0.15, 0.2) is 0 Å². The van der Waals surface area contributed by atoms with Crippen LogP contribution in [-0.2, 0) is 6.42 Å². The van der Waals surface area contributed by atoms with Crippen LogP contribution in [0.15, 0.2) is 54.6 Å². The van der Waals surface area contributed by atoms with Crippen molar-refractivity contribution >= 4 is 11.6 Å². The molecule has 0 aromatic heterocycles. The molecule has 0 aliphatic carbocycles. The molecule has 2 rings (SSSR count). The zero-order valence-corrected chi connectivity index (χ0v) is 12.4. The summed E-state index contributed by atoms with van der Waals surface area (Å²) in [6.45, 7) is 4.41. The Balaban J connectivity index is 2.02. The number of halogens is 1. The number of benzene rings is 2. The van der Waals surface area contributed by atoms with Crippen molar-refractivity contribution in [3.05, 3.63) is 71.3 Å². The first-order valence-electron chi connectivity index (χ1n) is 6.92. The SMILES string of the molecule is CC(C)CC(Cl)c1ccc(Cc2ccccc2)cc1.